The minimum absolute atomic E-state index is 0.0755. The van der Waals surface area contributed by atoms with Crippen LogP contribution in [-0.2, 0) is 9.59 Å². The molecule has 1 aliphatic rings. The molecule has 3 rings (SSSR count). The largest absolute Gasteiger partial charge is 0.507 e. The maximum atomic E-state index is 13.1. The molecule has 7 heteroatoms. The molecule has 0 radical (unpaired) electrons. The Balaban J connectivity index is 2.10. The van der Waals surface area contributed by atoms with Crippen molar-refractivity contribution in [2.45, 2.75) is 19.4 Å². The molecule has 7 nitrogen and oxygen atoms in total. The van der Waals surface area contributed by atoms with Gasteiger partial charge < -0.3 is 24.4 Å². The average Bonchev–Trinajstić information content (AvgIpc) is 3.06. The molecular formula is C25H30N2O5. The zero-order chi connectivity index (χ0) is 23.3. The Labute approximate surface area is 188 Å². The SMILES string of the molecule is CCCOc1cccc([C@@H]2C(=C(O)c3ccc(OC)cc3)C(=O)C(=O)N2CCN(C)C)c1. The van der Waals surface area contributed by atoms with E-state index in [4.69, 9.17) is 9.47 Å². The van der Waals surface area contributed by atoms with Gasteiger partial charge in [-0.05, 0) is 62.5 Å². The number of likely N-dealkylation sites (N-methyl/N-ethyl adjacent to an activating group) is 1. The van der Waals surface area contributed by atoms with Gasteiger partial charge in [-0.3, -0.25) is 9.59 Å². The van der Waals surface area contributed by atoms with E-state index >= 15 is 0 Å². The Morgan fingerprint density at radius 3 is 2.44 bits per heavy atom. The molecule has 1 saturated heterocycles. The molecule has 1 N–H and O–H groups in total. The van der Waals surface area contributed by atoms with Crippen molar-refractivity contribution in [1.82, 2.24) is 9.80 Å². The number of Topliss-reactive ketones (excluding diaryl/α,β-unsaturated/α-hetero) is 1. The van der Waals surface area contributed by atoms with Crippen LogP contribution in [0.2, 0.25) is 0 Å². The molecule has 170 valence electrons. The molecule has 1 fully saturated rings. The fourth-order valence-electron chi connectivity index (χ4n) is 3.66. The third-order valence-corrected chi connectivity index (χ3v) is 5.34. The van der Waals surface area contributed by atoms with Gasteiger partial charge in [-0.15, -0.1) is 0 Å². The van der Waals surface area contributed by atoms with Gasteiger partial charge in [-0.1, -0.05) is 19.1 Å². The number of carbonyl (C=O) groups is 2. The first-order chi connectivity index (χ1) is 15.4. The lowest BCUT2D eigenvalue weighted by Crippen LogP contribution is -2.35. The third kappa shape index (κ3) is 4.94. The fourth-order valence-corrected chi connectivity index (χ4v) is 3.66. The van der Waals surface area contributed by atoms with E-state index in [0.717, 1.165) is 6.42 Å². The number of nitrogens with zero attached hydrogens (tertiary/aromatic N) is 2. The lowest BCUT2D eigenvalue weighted by atomic mass is 9.95. The number of ketones is 1. The molecule has 0 aromatic heterocycles. The van der Waals surface area contributed by atoms with Crippen LogP contribution in [-0.4, -0.2) is 67.5 Å². The molecule has 1 amide bonds. The van der Waals surface area contributed by atoms with Crippen LogP contribution in [0, 0.1) is 0 Å². The normalized spacial score (nSPS) is 17.8. The van der Waals surface area contributed by atoms with E-state index in [1.54, 1.807) is 31.4 Å². The van der Waals surface area contributed by atoms with Crippen LogP contribution in [0.5, 0.6) is 11.5 Å². The first-order valence-electron chi connectivity index (χ1n) is 10.7. The highest BCUT2D eigenvalue weighted by Gasteiger charge is 2.46. The van der Waals surface area contributed by atoms with Gasteiger partial charge in [0.1, 0.15) is 17.3 Å². The number of amides is 1. The summed E-state index contributed by atoms with van der Waals surface area (Å²) in [5.74, 6) is -0.228. The Morgan fingerprint density at radius 1 is 1.09 bits per heavy atom. The average molecular weight is 439 g/mol. The summed E-state index contributed by atoms with van der Waals surface area (Å²) in [4.78, 5) is 29.5. The van der Waals surface area contributed by atoms with Crippen LogP contribution >= 0.6 is 0 Å². The van der Waals surface area contributed by atoms with Gasteiger partial charge in [0.15, 0.2) is 0 Å². The van der Waals surface area contributed by atoms with Crippen molar-refractivity contribution >= 4 is 17.4 Å². The number of rotatable bonds is 9. The Bertz CT molecular complexity index is 998. The molecule has 0 saturated carbocycles. The third-order valence-electron chi connectivity index (χ3n) is 5.34. The summed E-state index contributed by atoms with van der Waals surface area (Å²) in [6, 6.07) is 13.4. The highest BCUT2D eigenvalue weighted by molar-refractivity contribution is 6.46. The van der Waals surface area contributed by atoms with Crippen molar-refractivity contribution in [2.75, 3.05) is 40.9 Å². The lowest BCUT2D eigenvalue weighted by Gasteiger charge is -2.27. The fraction of sp³-hybridized carbons (Fsp3) is 0.360. The second-order valence-electron chi connectivity index (χ2n) is 7.95. The van der Waals surface area contributed by atoms with Gasteiger partial charge in [0.05, 0.1) is 25.3 Å². The molecule has 2 aromatic carbocycles. The Hall–Kier alpha value is -3.32. The highest BCUT2D eigenvalue weighted by Crippen LogP contribution is 2.40. The second kappa shape index (κ2) is 10.3. The number of aliphatic hydroxyl groups excluding tert-OH is 1. The van der Waals surface area contributed by atoms with Gasteiger partial charge in [0, 0.05) is 18.7 Å². The molecule has 0 aliphatic carbocycles. The molecule has 0 bridgehead atoms. The number of benzene rings is 2. The summed E-state index contributed by atoms with van der Waals surface area (Å²) in [6.45, 7) is 3.52. The zero-order valence-corrected chi connectivity index (χ0v) is 19.0. The van der Waals surface area contributed by atoms with Gasteiger partial charge in [-0.2, -0.15) is 0 Å². The van der Waals surface area contributed by atoms with Gasteiger partial charge in [0.25, 0.3) is 11.7 Å². The lowest BCUT2D eigenvalue weighted by molar-refractivity contribution is -0.140. The van der Waals surface area contributed by atoms with E-state index in [0.29, 0.717) is 42.3 Å². The minimum atomic E-state index is -0.706. The number of hydrogen-bond acceptors (Lipinski definition) is 6. The Kier molecular flexibility index (Phi) is 7.53. The van der Waals surface area contributed by atoms with Crippen LogP contribution in [0.15, 0.2) is 54.1 Å². The van der Waals surface area contributed by atoms with Crippen molar-refractivity contribution in [3.8, 4) is 11.5 Å². The standard InChI is InChI=1S/C25H30N2O5/c1-5-15-32-20-8-6-7-18(16-20)22-21(23(28)17-9-11-19(31-4)12-10-17)24(29)25(30)27(22)14-13-26(2)3/h6-12,16,22,28H,5,13-15H2,1-4H3/t22-/m1/s1. The minimum Gasteiger partial charge on any atom is -0.507 e. The van der Waals surface area contributed by atoms with Crippen LogP contribution in [0.3, 0.4) is 0 Å². The quantitative estimate of drug-likeness (QED) is 0.367. The van der Waals surface area contributed by atoms with Crippen LogP contribution in [0.1, 0.15) is 30.5 Å². The monoisotopic (exact) mass is 438 g/mol. The number of carbonyl (C=O) groups excluding carboxylic acids is 2. The van der Waals surface area contributed by atoms with E-state index in [9.17, 15) is 14.7 Å². The molecule has 1 aliphatic heterocycles. The summed E-state index contributed by atoms with van der Waals surface area (Å²) in [6.07, 6.45) is 0.864. The van der Waals surface area contributed by atoms with Crippen molar-refractivity contribution in [3.05, 3.63) is 65.2 Å². The van der Waals surface area contributed by atoms with Gasteiger partial charge >= 0.3 is 0 Å². The zero-order valence-electron chi connectivity index (χ0n) is 19.0. The molecular weight excluding hydrogens is 408 g/mol. The molecule has 2 aromatic rings. The van der Waals surface area contributed by atoms with E-state index in [-0.39, 0.29) is 11.3 Å². The van der Waals surface area contributed by atoms with E-state index < -0.39 is 17.7 Å². The maximum Gasteiger partial charge on any atom is 0.295 e. The van der Waals surface area contributed by atoms with Gasteiger partial charge in [0.2, 0.25) is 0 Å². The Morgan fingerprint density at radius 2 is 1.81 bits per heavy atom. The maximum absolute atomic E-state index is 13.1. The number of likely N-dealkylation sites (tertiary alicyclic amines) is 1. The summed E-state index contributed by atoms with van der Waals surface area (Å²) in [7, 11) is 5.36. The number of hydrogen-bond donors (Lipinski definition) is 1. The molecule has 32 heavy (non-hydrogen) atoms. The van der Waals surface area contributed by atoms with Crippen molar-refractivity contribution in [2.24, 2.45) is 0 Å². The summed E-state index contributed by atoms with van der Waals surface area (Å²) < 4.78 is 10.9. The first-order valence-corrected chi connectivity index (χ1v) is 10.7. The van der Waals surface area contributed by atoms with Crippen LogP contribution < -0.4 is 9.47 Å². The number of ether oxygens (including phenoxy) is 2. The smallest absolute Gasteiger partial charge is 0.295 e. The summed E-state index contributed by atoms with van der Waals surface area (Å²) in [5, 5.41) is 11.1. The first kappa shape index (κ1) is 23.3. The second-order valence-corrected chi connectivity index (χ2v) is 7.95. The van der Waals surface area contributed by atoms with Gasteiger partial charge in [-0.25, -0.2) is 0 Å². The van der Waals surface area contributed by atoms with E-state index in [2.05, 4.69) is 0 Å². The van der Waals surface area contributed by atoms with Crippen LogP contribution in [0.25, 0.3) is 5.76 Å². The molecule has 1 atom stereocenters. The van der Waals surface area contributed by atoms with Crippen LogP contribution in [0.4, 0.5) is 0 Å². The van der Waals surface area contributed by atoms with Crippen molar-refractivity contribution in [3.63, 3.8) is 0 Å². The molecule has 0 unspecified atom stereocenters. The molecule has 0 spiro atoms. The predicted octanol–water partition coefficient (Wildman–Crippen LogP) is 3.47. The summed E-state index contributed by atoms with van der Waals surface area (Å²) >= 11 is 0. The number of aliphatic hydroxyl groups is 1. The molecule has 1 heterocycles. The van der Waals surface area contributed by atoms with Crippen molar-refractivity contribution in [1.29, 1.82) is 0 Å². The summed E-state index contributed by atoms with van der Waals surface area (Å²) in [5.41, 5.74) is 1.23. The number of methoxy groups -OCH3 is 1. The van der Waals surface area contributed by atoms with E-state index in [1.807, 2.05) is 50.2 Å². The van der Waals surface area contributed by atoms with E-state index in [1.165, 1.54) is 4.90 Å². The van der Waals surface area contributed by atoms with Crippen molar-refractivity contribution < 1.29 is 24.2 Å². The predicted molar refractivity (Wildman–Crippen MR) is 123 cm³/mol. The topological polar surface area (TPSA) is 79.3 Å². The highest BCUT2D eigenvalue weighted by atomic mass is 16.5.